The second kappa shape index (κ2) is 2.51. The van der Waals surface area contributed by atoms with Crippen molar-refractivity contribution >= 4 is 16.5 Å². The lowest BCUT2D eigenvalue weighted by atomic mass is 10.6. The van der Waals surface area contributed by atoms with Gasteiger partial charge in [0.1, 0.15) is 10.9 Å². The number of nitriles is 1. The highest BCUT2D eigenvalue weighted by Crippen LogP contribution is 2.26. The Labute approximate surface area is 68.7 Å². The summed E-state index contributed by atoms with van der Waals surface area (Å²) in [4.78, 5) is 4.73. The summed E-state index contributed by atoms with van der Waals surface area (Å²) in [5, 5.41) is 12.6. The lowest BCUT2D eigenvalue weighted by molar-refractivity contribution is 1.14. The molecular formula is C7H7N3S. The lowest BCUT2D eigenvalue weighted by Gasteiger charge is -1.94. The molecule has 1 aromatic heterocycles. The molecule has 3 nitrogen and oxygen atoms in total. The van der Waals surface area contributed by atoms with Crippen molar-refractivity contribution in [2.24, 2.45) is 0 Å². The number of nitrogens with one attached hydrogen (secondary N) is 1. The molecule has 1 aromatic rings. The van der Waals surface area contributed by atoms with Crippen molar-refractivity contribution in [2.45, 2.75) is 18.9 Å². The van der Waals surface area contributed by atoms with Crippen molar-refractivity contribution in [3.63, 3.8) is 0 Å². The maximum atomic E-state index is 8.49. The Morgan fingerprint density at radius 1 is 1.73 bits per heavy atom. The third-order valence-corrected chi connectivity index (χ3v) is 2.35. The van der Waals surface area contributed by atoms with Crippen LogP contribution in [0, 0.1) is 11.3 Å². The van der Waals surface area contributed by atoms with E-state index in [1.165, 1.54) is 24.2 Å². The van der Waals surface area contributed by atoms with Gasteiger partial charge < -0.3 is 5.32 Å². The lowest BCUT2D eigenvalue weighted by Crippen LogP contribution is -1.98. The van der Waals surface area contributed by atoms with Gasteiger partial charge in [-0.15, -0.1) is 0 Å². The monoisotopic (exact) mass is 165 g/mol. The molecule has 0 aliphatic heterocycles. The summed E-state index contributed by atoms with van der Waals surface area (Å²) in [7, 11) is 0. The van der Waals surface area contributed by atoms with Crippen LogP contribution in [-0.4, -0.2) is 11.0 Å². The zero-order valence-electron chi connectivity index (χ0n) is 5.87. The molecule has 0 spiro atoms. The number of anilines is 1. The first-order valence-electron chi connectivity index (χ1n) is 3.51. The summed E-state index contributed by atoms with van der Waals surface area (Å²) in [5.41, 5.74) is 0. The van der Waals surface area contributed by atoms with E-state index < -0.39 is 0 Å². The Kier molecular flexibility index (Phi) is 1.51. The molecular weight excluding hydrogens is 158 g/mol. The molecule has 0 amide bonds. The normalized spacial score (nSPS) is 15.9. The molecule has 11 heavy (non-hydrogen) atoms. The van der Waals surface area contributed by atoms with Crippen LogP contribution in [0.25, 0.3) is 0 Å². The van der Waals surface area contributed by atoms with Gasteiger partial charge in [0.25, 0.3) is 0 Å². The van der Waals surface area contributed by atoms with Crippen molar-refractivity contribution in [2.75, 3.05) is 5.32 Å². The fourth-order valence-corrected chi connectivity index (χ4v) is 1.49. The molecule has 0 radical (unpaired) electrons. The largest absolute Gasteiger partial charge is 0.359 e. The summed E-state index contributed by atoms with van der Waals surface area (Å²) in [6.07, 6.45) is 4.08. The van der Waals surface area contributed by atoms with Crippen LogP contribution in [0.5, 0.6) is 0 Å². The summed E-state index contributed by atoms with van der Waals surface area (Å²) in [6.45, 7) is 0. The van der Waals surface area contributed by atoms with Gasteiger partial charge in [0.2, 0.25) is 0 Å². The van der Waals surface area contributed by atoms with Gasteiger partial charge >= 0.3 is 0 Å². The molecule has 0 atom stereocenters. The van der Waals surface area contributed by atoms with Gasteiger partial charge in [-0.3, -0.25) is 0 Å². The molecule has 0 unspecified atom stereocenters. The molecule has 1 aliphatic rings. The highest BCUT2D eigenvalue weighted by molar-refractivity contribution is 7.16. The fourth-order valence-electron chi connectivity index (χ4n) is 0.795. The Bertz CT molecular complexity index is 295. The minimum absolute atomic E-state index is 0.618. The summed E-state index contributed by atoms with van der Waals surface area (Å²) in [6, 6.07) is 2.68. The van der Waals surface area contributed by atoms with Crippen molar-refractivity contribution in [1.29, 1.82) is 5.26 Å². The topological polar surface area (TPSA) is 48.7 Å². The van der Waals surface area contributed by atoms with Gasteiger partial charge in [-0.25, -0.2) is 4.98 Å². The van der Waals surface area contributed by atoms with E-state index in [2.05, 4.69) is 16.4 Å². The molecule has 1 N–H and O–H groups in total. The van der Waals surface area contributed by atoms with Crippen LogP contribution in [0.2, 0.25) is 0 Å². The molecule has 0 aromatic carbocycles. The van der Waals surface area contributed by atoms with Crippen molar-refractivity contribution in [3.05, 3.63) is 11.1 Å². The van der Waals surface area contributed by atoms with Gasteiger partial charge in [-0.1, -0.05) is 11.3 Å². The summed E-state index contributed by atoms with van der Waals surface area (Å²) in [5.74, 6) is 0. The standard InChI is InChI=1S/C7H7N3S/c8-3-6-4-9-7(11-6)10-5-1-2-5/h4-5H,1-2H2,(H,9,10). The van der Waals surface area contributed by atoms with Crippen LogP contribution >= 0.6 is 11.3 Å². The van der Waals surface area contributed by atoms with E-state index in [1.807, 2.05) is 0 Å². The molecule has 4 heteroatoms. The van der Waals surface area contributed by atoms with Crippen LogP contribution in [-0.2, 0) is 0 Å². The Hall–Kier alpha value is -1.08. The number of hydrogen-bond donors (Lipinski definition) is 1. The maximum Gasteiger partial charge on any atom is 0.184 e. The van der Waals surface area contributed by atoms with Gasteiger partial charge in [-0.2, -0.15) is 5.26 Å². The minimum atomic E-state index is 0.618. The van der Waals surface area contributed by atoms with Crippen LogP contribution in [0.1, 0.15) is 17.7 Å². The minimum Gasteiger partial charge on any atom is -0.359 e. The van der Waals surface area contributed by atoms with E-state index in [1.54, 1.807) is 6.20 Å². The second-order valence-corrected chi connectivity index (χ2v) is 3.59. The van der Waals surface area contributed by atoms with E-state index >= 15 is 0 Å². The van der Waals surface area contributed by atoms with Gasteiger partial charge in [-0.05, 0) is 12.8 Å². The fraction of sp³-hybridized carbons (Fsp3) is 0.429. The van der Waals surface area contributed by atoms with Crippen LogP contribution < -0.4 is 5.32 Å². The van der Waals surface area contributed by atoms with Gasteiger partial charge in [0, 0.05) is 6.04 Å². The number of hydrogen-bond acceptors (Lipinski definition) is 4. The first-order valence-corrected chi connectivity index (χ1v) is 4.32. The van der Waals surface area contributed by atoms with Crippen LogP contribution in [0.15, 0.2) is 6.20 Å². The number of rotatable bonds is 2. The Morgan fingerprint density at radius 2 is 2.55 bits per heavy atom. The van der Waals surface area contributed by atoms with Gasteiger partial charge in [0.05, 0.1) is 6.20 Å². The number of nitrogens with zero attached hydrogens (tertiary/aromatic N) is 2. The highest BCUT2D eigenvalue weighted by atomic mass is 32.1. The van der Waals surface area contributed by atoms with Crippen molar-refractivity contribution in [3.8, 4) is 6.07 Å². The molecule has 56 valence electrons. The van der Waals surface area contributed by atoms with E-state index in [4.69, 9.17) is 5.26 Å². The third kappa shape index (κ3) is 1.49. The van der Waals surface area contributed by atoms with Crippen LogP contribution in [0.3, 0.4) is 0 Å². The Morgan fingerprint density at radius 3 is 3.09 bits per heavy atom. The number of aromatic nitrogens is 1. The zero-order chi connectivity index (χ0) is 7.68. The first kappa shape index (κ1) is 6.62. The SMILES string of the molecule is N#Cc1cnc(NC2CC2)s1. The third-order valence-electron chi connectivity index (χ3n) is 1.52. The molecule has 1 aliphatic carbocycles. The second-order valence-electron chi connectivity index (χ2n) is 2.56. The summed E-state index contributed by atoms with van der Waals surface area (Å²) < 4.78 is 0. The smallest absolute Gasteiger partial charge is 0.184 e. The van der Waals surface area contributed by atoms with E-state index in [-0.39, 0.29) is 0 Å². The molecule has 0 saturated heterocycles. The quantitative estimate of drug-likeness (QED) is 0.724. The molecule has 1 saturated carbocycles. The average molecular weight is 165 g/mol. The van der Waals surface area contributed by atoms with Crippen LogP contribution in [0.4, 0.5) is 5.13 Å². The zero-order valence-corrected chi connectivity index (χ0v) is 6.69. The van der Waals surface area contributed by atoms with Crippen molar-refractivity contribution in [1.82, 2.24) is 4.98 Å². The summed E-state index contributed by atoms with van der Waals surface area (Å²) >= 11 is 1.42. The van der Waals surface area contributed by atoms with E-state index in [0.29, 0.717) is 10.9 Å². The maximum absolute atomic E-state index is 8.49. The van der Waals surface area contributed by atoms with Gasteiger partial charge in [0.15, 0.2) is 5.13 Å². The predicted octanol–water partition coefficient (Wildman–Crippen LogP) is 1.59. The first-order chi connectivity index (χ1) is 5.38. The van der Waals surface area contributed by atoms with Crippen molar-refractivity contribution < 1.29 is 0 Å². The van der Waals surface area contributed by atoms with E-state index in [9.17, 15) is 0 Å². The highest BCUT2D eigenvalue weighted by Gasteiger charge is 2.21. The molecule has 1 fully saturated rings. The molecule has 0 bridgehead atoms. The molecule has 2 rings (SSSR count). The average Bonchev–Trinajstić information content (AvgIpc) is 2.68. The number of thiazole rings is 1. The van der Waals surface area contributed by atoms with E-state index in [0.717, 1.165) is 5.13 Å². The predicted molar refractivity (Wildman–Crippen MR) is 43.5 cm³/mol. The Balaban J connectivity index is 2.07. The molecule has 1 heterocycles.